The molecule has 6 nitrogen and oxygen atoms in total. The maximum atomic E-state index is 5.72. The fourth-order valence-electron chi connectivity index (χ4n) is 2.57. The second-order valence-electron chi connectivity index (χ2n) is 5.16. The second kappa shape index (κ2) is 6.58. The van der Waals surface area contributed by atoms with Crippen LogP contribution in [-0.2, 0) is 17.7 Å². The van der Waals surface area contributed by atoms with Gasteiger partial charge in [0.25, 0.3) is 0 Å². The van der Waals surface area contributed by atoms with Gasteiger partial charge in [-0.25, -0.2) is 15.0 Å². The molecule has 1 atom stereocenters. The Morgan fingerprint density at radius 2 is 2.40 bits per heavy atom. The van der Waals surface area contributed by atoms with Crippen LogP contribution in [0, 0.1) is 5.92 Å². The first-order valence-corrected chi connectivity index (χ1v) is 6.92. The lowest BCUT2D eigenvalue weighted by atomic mass is 10.0. The molecule has 2 aromatic heterocycles. The first-order valence-electron chi connectivity index (χ1n) is 6.92. The number of ether oxygens (including phenoxy) is 1. The van der Waals surface area contributed by atoms with Crippen LogP contribution in [-0.4, -0.2) is 51.1 Å². The molecule has 1 aliphatic heterocycles. The zero-order valence-corrected chi connectivity index (χ0v) is 11.4. The molecule has 2 aromatic rings. The minimum atomic E-state index is 0.468. The summed E-state index contributed by atoms with van der Waals surface area (Å²) in [4.78, 5) is 17.9. The molecular formula is C14H19N5O. The Hall–Kier alpha value is -1.79. The number of nitrogens with zero attached hydrogens (tertiary/aromatic N) is 4. The van der Waals surface area contributed by atoms with Crippen molar-refractivity contribution < 1.29 is 4.74 Å². The van der Waals surface area contributed by atoms with E-state index in [1.54, 1.807) is 18.9 Å². The highest BCUT2D eigenvalue weighted by molar-refractivity contribution is 5.00. The van der Waals surface area contributed by atoms with Crippen molar-refractivity contribution in [1.29, 1.82) is 0 Å². The van der Waals surface area contributed by atoms with Crippen molar-refractivity contribution in [3.63, 3.8) is 0 Å². The lowest BCUT2D eigenvalue weighted by molar-refractivity contribution is 0.121. The molecule has 20 heavy (non-hydrogen) atoms. The minimum absolute atomic E-state index is 0.468. The summed E-state index contributed by atoms with van der Waals surface area (Å²) < 4.78 is 5.72. The van der Waals surface area contributed by atoms with E-state index in [0.29, 0.717) is 5.92 Å². The van der Waals surface area contributed by atoms with Gasteiger partial charge in [0.1, 0.15) is 6.33 Å². The Morgan fingerprint density at radius 3 is 3.20 bits per heavy atom. The molecule has 0 radical (unpaired) electrons. The van der Waals surface area contributed by atoms with Gasteiger partial charge in [0.05, 0.1) is 19.5 Å². The van der Waals surface area contributed by atoms with Crippen molar-refractivity contribution in [2.24, 2.45) is 5.92 Å². The topological polar surface area (TPSA) is 66.9 Å². The Balaban J connectivity index is 1.60. The van der Waals surface area contributed by atoms with E-state index in [1.807, 2.05) is 12.3 Å². The van der Waals surface area contributed by atoms with E-state index < -0.39 is 0 Å². The molecule has 1 aliphatic rings. The second-order valence-corrected chi connectivity index (χ2v) is 5.16. The van der Waals surface area contributed by atoms with Gasteiger partial charge in [-0.1, -0.05) is 0 Å². The molecule has 0 bridgehead atoms. The average Bonchev–Trinajstić information content (AvgIpc) is 2.87. The summed E-state index contributed by atoms with van der Waals surface area (Å²) in [6.45, 7) is 4.45. The van der Waals surface area contributed by atoms with Crippen LogP contribution < -0.4 is 0 Å². The van der Waals surface area contributed by atoms with Crippen molar-refractivity contribution in [2.45, 2.75) is 13.0 Å². The summed E-state index contributed by atoms with van der Waals surface area (Å²) in [7, 11) is 0. The predicted octanol–water partition coefficient (Wildman–Crippen LogP) is 0.891. The summed E-state index contributed by atoms with van der Waals surface area (Å²) in [5.41, 5.74) is 2.23. The number of H-pyrrole nitrogens is 1. The van der Waals surface area contributed by atoms with E-state index in [2.05, 4.69) is 24.8 Å². The van der Waals surface area contributed by atoms with E-state index in [4.69, 9.17) is 4.74 Å². The van der Waals surface area contributed by atoms with Crippen LogP contribution in [0.25, 0.3) is 0 Å². The van der Waals surface area contributed by atoms with E-state index in [0.717, 1.165) is 50.7 Å². The standard InChI is InChI=1S/C14H19N5O/c1-2-15-10-17-13(1)5-12-7-19(3-4-20-9-12)8-14-6-16-11-18-14/h1-2,6,10-12H,3-5,7-9H2,(H,16,18). The Bertz CT molecular complexity index is 502. The van der Waals surface area contributed by atoms with Gasteiger partial charge < -0.3 is 9.72 Å². The molecule has 106 valence electrons. The molecule has 0 spiro atoms. The molecule has 1 saturated heterocycles. The van der Waals surface area contributed by atoms with Gasteiger partial charge >= 0.3 is 0 Å². The summed E-state index contributed by atoms with van der Waals surface area (Å²) in [5.74, 6) is 0.468. The van der Waals surface area contributed by atoms with E-state index in [1.165, 1.54) is 0 Å². The van der Waals surface area contributed by atoms with Crippen LogP contribution in [0.15, 0.2) is 31.1 Å². The van der Waals surface area contributed by atoms with Crippen molar-refractivity contribution in [3.05, 3.63) is 42.5 Å². The number of hydrogen-bond donors (Lipinski definition) is 1. The van der Waals surface area contributed by atoms with Gasteiger partial charge in [0.15, 0.2) is 0 Å². The molecule has 1 fully saturated rings. The number of aromatic amines is 1. The molecule has 0 aromatic carbocycles. The van der Waals surface area contributed by atoms with Crippen molar-refractivity contribution >= 4 is 0 Å². The Morgan fingerprint density at radius 1 is 1.40 bits per heavy atom. The van der Waals surface area contributed by atoms with Crippen LogP contribution in [0.2, 0.25) is 0 Å². The summed E-state index contributed by atoms with van der Waals surface area (Å²) in [6, 6.07) is 1.98. The van der Waals surface area contributed by atoms with Crippen molar-refractivity contribution in [1.82, 2.24) is 24.8 Å². The lowest BCUT2D eigenvalue weighted by Crippen LogP contribution is -2.30. The molecule has 3 rings (SSSR count). The fourth-order valence-corrected chi connectivity index (χ4v) is 2.57. The normalized spacial score (nSPS) is 20.7. The average molecular weight is 273 g/mol. The molecule has 0 saturated carbocycles. The fraction of sp³-hybridized carbons (Fsp3) is 0.500. The monoisotopic (exact) mass is 273 g/mol. The highest BCUT2D eigenvalue weighted by Gasteiger charge is 2.19. The highest BCUT2D eigenvalue weighted by atomic mass is 16.5. The van der Waals surface area contributed by atoms with Gasteiger partial charge in [0.2, 0.25) is 0 Å². The molecular weight excluding hydrogens is 254 g/mol. The molecule has 0 aliphatic carbocycles. The number of nitrogens with one attached hydrogen (secondary N) is 1. The Labute approximate surface area is 118 Å². The number of imidazole rings is 1. The van der Waals surface area contributed by atoms with Gasteiger partial charge in [-0.2, -0.15) is 0 Å². The van der Waals surface area contributed by atoms with Crippen molar-refractivity contribution in [2.75, 3.05) is 26.3 Å². The van der Waals surface area contributed by atoms with Gasteiger partial charge in [-0.05, 0) is 12.5 Å². The minimum Gasteiger partial charge on any atom is -0.380 e. The molecule has 6 heteroatoms. The highest BCUT2D eigenvalue weighted by Crippen LogP contribution is 2.13. The van der Waals surface area contributed by atoms with Gasteiger partial charge in [0, 0.05) is 49.3 Å². The predicted molar refractivity (Wildman–Crippen MR) is 73.9 cm³/mol. The largest absolute Gasteiger partial charge is 0.380 e. The molecule has 1 unspecified atom stereocenters. The zero-order valence-electron chi connectivity index (χ0n) is 11.4. The molecule has 1 N–H and O–H groups in total. The van der Waals surface area contributed by atoms with Crippen LogP contribution in [0.4, 0.5) is 0 Å². The molecule has 0 amide bonds. The van der Waals surface area contributed by atoms with E-state index in [9.17, 15) is 0 Å². The Kier molecular flexibility index (Phi) is 4.35. The lowest BCUT2D eigenvalue weighted by Gasteiger charge is -2.22. The van der Waals surface area contributed by atoms with E-state index >= 15 is 0 Å². The summed E-state index contributed by atoms with van der Waals surface area (Å²) in [5, 5.41) is 0. The number of hydrogen-bond acceptors (Lipinski definition) is 5. The first-order chi connectivity index (χ1) is 9.90. The maximum Gasteiger partial charge on any atom is 0.115 e. The molecule has 3 heterocycles. The number of rotatable bonds is 4. The van der Waals surface area contributed by atoms with Crippen LogP contribution in [0.1, 0.15) is 11.4 Å². The van der Waals surface area contributed by atoms with E-state index in [-0.39, 0.29) is 0 Å². The van der Waals surface area contributed by atoms with Crippen LogP contribution >= 0.6 is 0 Å². The van der Waals surface area contributed by atoms with Crippen molar-refractivity contribution in [3.8, 4) is 0 Å². The third-order valence-corrected chi connectivity index (χ3v) is 3.51. The van der Waals surface area contributed by atoms with Gasteiger partial charge in [-0.15, -0.1) is 0 Å². The first kappa shape index (κ1) is 13.2. The van der Waals surface area contributed by atoms with Crippen LogP contribution in [0.5, 0.6) is 0 Å². The summed E-state index contributed by atoms with van der Waals surface area (Å²) >= 11 is 0. The number of aromatic nitrogens is 4. The van der Waals surface area contributed by atoms with Gasteiger partial charge in [-0.3, -0.25) is 4.90 Å². The quantitative estimate of drug-likeness (QED) is 0.896. The SMILES string of the molecule is c1cc(CC2COCCN(Cc3cnc[nH]3)C2)ncn1. The smallest absolute Gasteiger partial charge is 0.115 e. The zero-order chi connectivity index (χ0) is 13.6. The van der Waals surface area contributed by atoms with Crippen LogP contribution in [0.3, 0.4) is 0 Å². The maximum absolute atomic E-state index is 5.72. The summed E-state index contributed by atoms with van der Waals surface area (Å²) in [6.07, 6.45) is 7.94. The third kappa shape index (κ3) is 3.61. The third-order valence-electron chi connectivity index (χ3n) is 3.51.